The minimum absolute atomic E-state index is 0.0516. The number of para-hydroxylation sites is 1. The lowest BCUT2D eigenvalue weighted by Crippen LogP contribution is -2.15. The molecule has 0 aliphatic carbocycles. The predicted molar refractivity (Wildman–Crippen MR) is 64.2 cm³/mol. The molecule has 0 amide bonds. The molecule has 0 aromatic heterocycles. The smallest absolute Gasteiger partial charge is 0.134 e. The van der Waals surface area contributed by atoms with Crippen LogP contribution < -0.4 is 4.74 Å². The Balaban J connectivity index is 2.91. The average molecular weight is 240 g/mol. The van der Waals surface area contributed by atoms with Crippen molar-refractivity contribution in [2.75, 3.05) is 7.11 Å². The summed E-state index contributed by atoms with van der Waals surface area (Å²) >= 11 is 0. The molecule has 0 fully saturated rings. The third-order valence-electron chi connectivity index (χ3n) is 2.23. The molecule has 2 atom stereocenters. The fourth-order valence-corrected chi connectivity index (χ4v) is 2.86. The van der Waals surface area contributed by atoms with E-state index in [9.17, 15) is 9.00 Å². The van der Waals surface area contributed by atoms with Gasteiger partial charge in [0.15, 0.2) is 0 Å². The number of benzene rings is 1. The van der Waals surface area contributed by atoms with Gasteiger partial charge in [-0.05, 0) is 19.1 Å². The van der Waals surface area contributed by atoms with E-state index in [2.05, 4.69) is 0 Å². The maximum atomic E-state index is 12.1. The molecule has 1 aromatic rings. The largest absolute Gasteiger partial charge is 0.495 e. The van der Waals surface area contributed by atoms with Gasteiger partial charge in [0.25, 0.3) is 0 Å². The molecule has 0 spiro atoms. The summed E-state index contributed by atoms with van der Waals surface area (Å²) in [5.74, 6) is 0.659. The van der Waals surface area contributed by atoms with Crippen molar-refractivity contribution in [3.05, 3.63) is 24.3 Å². The van der Waals surface area contributed by atoms with Gasteiger partial charge in [-0.2, -0.15) is 0 Å². The van der Waals surface area contributed by atoms with Crippen molar-refractivity contribution in [2.45, 2.75) is 30.4 Å². The van der Waals surface area contributed by atoms with E-state index in [4.69, 9.17) is 4.74 Å². The number of ketones is 1. The lowest BCUT2D eigenvalue weighted by atomic mass is 10.2. The SMILES string of the molecule is COc1ccccc1S(=O)C(C)CC(C)=O. The van der Waals surface area contributed by atoms with Crippen molar-refractivity contribution in [2.24, 2.45) is 0 Å². The Labute approximate surface area is 98.3 Å². The Kier molecular flexibility index (Phi) is 4.68. The van der Waals surface area contributed by atoms with Gasteiger partial charge in [-0.15, -0.1) is 0 Å². The molecule has 0 aliphatic heterocycles. The van der Waals surface area contributed by atoms with Crippen LogP contribution in [0.3, 0.4) is 0 Å². The Bertz CT molecular complexity index is 401. The standard InChI is InChI=1S/C12H16O3S/c1-9(13)8-10(2)16(14)12-7-5-4-6-11(12)15-3/h4-7,10H,8H2,1-3H3. The van der Waals surface area contributed by atoms with E-state index < -0.39 is 10.8 Å². The highest BCUT2D eigenvalue weighted by Gasteiger charge is 2.18. The molecule has 1 aromatic carbocycles. The van der Waals surface area contributed by atoms with E-state index in [0.29, 0.717) is 17.1 Å². The van der Waals surface area contributed by atoms with Crippen LogP contribution in [0, 0.1) is 0 Å². The molecule has 0 saturated heterocycles. The van der Waals surface area contributed by atoms with Crippen LogP contribution >= 0.6 is 0 Å². The van der Waals surface area contributed by atoms with Gasteiger partial charge < -0.3 is 4.74 Å². The second-order valence-electron chi connectivity index (χ2n) is 3.67. The number of rotatable bonds is 5. The maximum absolute atomic E-state index is 12.1. The molecular weight excluding hydrogens is 224 g/mol. The third-order valence-corrected chi connectivity index (χ3v) is 3.89. The minimum atomic E-state index is -1.21. The zero-order valence-corrected chi connectivity index (χ0v) is 10.5. The number of ether oxygens (including phenoxy) is 1. The average Bonchev–Trinajstić information content (AvgIpc) is 2.27. The first kappa shape index (κ1) is 12.9. The van der Waals surface area contributed by atoms with Gasteiger partial charge in [0.1, 0.15) is 11.5 Å². The molecule has 88 valence electrons. The van der Waals surface area contributed by atoms with E-state index in [1.54, 1.807) is 19.2 Å². The number of hydrogen-bond donors (Lipinski definition) is 0. The lowest BCUT2D eigenvalue weighted by Gasteiger charge is -2.12. The second-order valence-corrected chi connectivity index (χ2v) is 5.50. The number of methoxy groups -OCH3 is 1. The van der Waals surface area contributed by atoms with E-state index in [1.807, 2.05) is 19.1 Å². The van der Waals surface area contributed by atoms with Crippen molar-refractivity contribution in [1.82, 2.24) is 0 Å². The first-order chi connectivity index (χ1) is 7.56. The van der Waals surface area contributed by atoms with Crippen molar-refractivity contribution in [1.29, 1.82) is 0 Å². The molecule has 4 heteroatoms. The number of carbonyl (C=O) groups is 1. The molecule has 0 saturated carbocycles. The van der Waals surface area contributed by atoms with E-state index in [1.165, 1.54) is 6.92 Å². The van der Waals surface area contributed by atoms with Gasteiger partial charge in [-0.1, -0.05) is 19.1 Å². The molecule has 16 heavy (non-hydrogen) atoms. The summed E-state index contributed by atoms with van der Waals surface area (Å²) in [5, 5.41) is -0.186. The van der Waals surface area contributed by atoms with Gasteiger partial charge >= 0.3 is 0 Å². The highest BCUT2D eigenvalue weighted by Crippen LogP contribution is 2.24. The summed E-state index contributed by atoms with van der Waals surface area (Å²) in [6.07, 6.45) is 0.324. The maximum Gasteiger partial charge on any atom is 0.134 e. The summed E-state index contributed by atoms with van der Waals surface area (Å²) in [7, 11) is 0.341. The van der Waals surface area contributed by atoms with Gasteiger partial charge in [0.05, 0.1) is 22.8 Å². The molecule has 3 nitrogen and oxygen atoms in total. The lowest BCUT2D eigenvalue weighted by molar-refractivity contribution is -0.116. The summed E-state index contributed by atoms with van der Waals surface area (Å²) in [4.78, 5) is 11.6. The van der Waals surface area contributed by atoms with Crippen LogP contribution in [0.25, 0.3) is 0 Å². The van der Waals surface area contributed by atoms with Crippen molar-refractivity contribution in [3.63, 3.8) is 0 Å². The highest BCUT2D eigenvalue weighted by atomic mass is 32.2. The normalized spacial score (nSPS) is 14.2. The quantitative estimate of drug-likeness (QED) is 0.792. The van der Waals surface area contributed by atoms with E-state index in [0.717, 1.165) is 0 Å². The van der Waals surface area contributed by atoms with Crippen molar-refractivity contribution in [3.8, 4) is 5.75 Å². The molecule has 0 radical (unpaired) electrons. The Morgan fingerprint density at radius 1 is 1.44 bits per heavy atom. The zero-order chi connectivity index (χ0) is 12.1. The van der Waals surface area contributed by atoms with Gasteiger partial charge in [-0.3, -0.25) is 9.00 Å². The molecule has 0 N–H and O–H groups in total. The molecule has 0 aliphatic rings. The Hall–Kier alpha value is -1.16. The highest BCUT2D eigenvalue weighted by molar-refractivity contribution is 7.85. The molecule has 0 heterocycles. The van der Waals surface area contributed by atoms with Crippen LogP contribution in [0.1, 0.15) is 20.3 Å². The van der Waals surface area contributed by atoms with Crippen LogP contribution in [0.5, 0.6) is 5.75 Å². The Morgan fingerprint density at radius 2 is 2.06 bits per heavy atom. The third kappa shape index (κ3) is 3.17. The molecular formula is C12H16O3S. The van der Waals surface area contributed by atoms with Gasteiger partial charge in [0, 0.05) is 11.7 Å². The van der Waals surface area contributed by atoms with E-state index in [-0.39, 0.29) is 11.0 Å². The molecule has 2 unspecified atom stereocenters. The fourth-order valence-electron chi connectivity index (χ4n) is 1.48. The van der Waals surface area contributed by atoms with Crippen LogP contribution in [0.2, 0.25) is 0 Å². The molecule has 1 rings (SSSR count). The van der Waals surface area contributed by atoms with Gasteiger partial charge in [-0.25, -0.2) is 0 Å². The first-order valence-electron chi connectivity index (χ1n) is 5.09. The van der Waals surface area contributed by atoms with Crippen LogP contribution in [-0.2, 0) is 15.6 Å². The van der Waals surface area contributed by atoms with Crippen LogP contribution in [0.4, 0.5) is 0 Å². The Morgan fingerprint density at radius 3 is 2.62 bits per heavy atom. The monoisotopic (exact) mass is 240 g/mol. The summed E-state index contributed by atoms with van der Waals surface area (Å²) in [5.41, 5.74) is 0. The summed E-state index contributed by atoms with van der Waals surface area (Å²) in [6, 6.07) is 7.19. The van der Waals surface area contributed by atoms with Gasteiger partial charge in [0.2, 0.25) is 0 Å². The number of carbonyl (C=O) groups excluding carboxylic acids is 1. The topological polar surface area (TPSA) is 43.4 Å². The summed E-state index contributed by atoms with van der Waals surface area (Å²) < 4.78 is 17.3. The first-order valence-corrected chi connectivity index (χ1v) is 6.30. The number of Topliss-reactive ketones (excluding diaryl/α,β-unsaturated/α-hetero) is 1. The van der Waals surface area contributed by atoms with Crippen molar-refractivity contribution >= 4 is 16.6 Å². The second kappa shape index (κ2) is 5.80. The van der Waals surface area contributed by atoms with Crippen molar-refractivity contribution < 1.29 is 13.7 Å². The zero-order valence-electron chi connectivity index (χ0n) is 9.73. The van der Waals surface area contributed by atoms with Crippen LogP contribution in [-0.4, -0.2) is 22.4 Å². The minimum Gasteiger partial charge on any atom is -0.495 e. The predicted octanol–water partition coefficient (Wildman–Crippen LogP) is 2.17. The number of hydrogen-bond acceptors (Lipinski definition) is 3. The fraction of sp³-hybridized carbons (Fsp3) is 0.417. The van der Waals surface area contributed by atoms with Crippen LogP contribution in [0.15, 0.2) is 29.2 Å². The molecule has 0 bridgehead atoms. The summed E-state index contributed by atoms with van der Waals surface area (Å²) in [6.45, 7) is 3.32. The van der Waals surface area contributed by atoms with E-state index >= 15 is 0 Å².